The van der Waals surface area contributed by atoms with Gasteiger partial charge in [-0.15, -0.1) is 0 Å². The zero-order chi connectivity index (χ0) is 18.1. The van der Waals surface area contributed by atoms with Crippen molar-refractivity contribution in [2.45, 2.75) is 24.9 Å². The van der Waals surface area contributed by atoms with E-state index >= 15 is 0 Å². The first kappa shape index (κ1) is 18.1. The van der Waals surface area contributed by atoms with Gasteiger partial charge in [0.15, 0.2) is 5.78 Å². The average Bonchev–Trinajstić information content (AvgIpc) is 2.52. The lowest BCUT2D eigenvalue weighted by atomic mass is 9.61. The van der Waals surface area contributed by atoms with Crippen LogP contribution >= 0.6 is 0 Å². The Kier molecular flexibility index (Phi) is 5.03. The van der Waals surface area contributed by atoms with Gasteiger partial charge in [-0.2, -0.15) is 0 Å². The molecular formula is C17H19FO6. The molecule has 0 aromatic heterocycles. The van der Waals surface area contributed by atoms with E-state index < -0.39 is 53.3 Å². The van der Waals surface area contributed by atoms with Gasteiger partial charge in [-0.3, -0.25) is 14.4 Å². The molecule has 6 nitrogen and oxygen atoms in total. The summed E-state index contributed by atoms with van der Waals surface area (Å²) in [6, 6.07) is 5.50. The fourth-order valence-electron chi connectivity index (χ4n) is 3.39. The second kappa shape index (κ2) is 6.68. The number of rotatable bonds is 3. The summed E-state index contributed by atoms with van der Waals surface area (Å²) in [5, 5.41) is 10.6. The number of hydrogen-bond acceptors (Lipinski definition) is 6. The summed E-state index contributed by atoms with van der Waals surface area (Å²) >= 11 is 0. The standard InChI is InChI=1S/C17H19FO6/c1-17(22)8-11(19)13(15(20)23-2)12(14(17)16(21)24-3)9-6-4-5-7-10(9)18/h4-7,12-14,22H,8H2,1-3H3/t12-,13-,14-,17-/m0/s1. The summed E-state index contributed by atoms with van der Waals surface area (Å²) in [5.74, 6) is -6.90. The molecule has 0 radical (unpaired) electrons. The summed E-state index contributed by atoms with van der Waals surface area (Å²) in [4.78, 5) is 36.8. The van der Waals surface area contributed by atoms with E-state index in [9.17, 15) is 23.9 Å². The number of carbonyl (C=O) groups excluding carboxylic acids is 3. The van der Waals surface area contributed by atoms with Gasteiger partial charge < -0.3 is 14.6 Å². The lowest BCUT2D eigenvalue weighted by Gasteiger charge is -2.43. The maximum absolute atomic E-state index is 14.3. The highest BCUT2D eigenvalue weighted by atomic mass is 19.1. The number of halogens is 1. The van der Waals surface area contributed by atoms with E-state index in [1.807, 2.05) is 0 Å². The van der Waals surface area contributed by atoms with Gasteiger partial charge in [0.2, 0.25) is 0 Å². The minimum absolute atomic E-state index is 0.0170. The second-order valence-electron chi connectivity index (χ2n) is 6.05. The molecule has 1 N–H and O–H groups in total. The summed E-state index contributed by atoms with van der Waals surface area (Å²) in [6.45, 7) is 1.30. The van der Waals surface area contributed by atoms with Gasteiger partial charge in [0, 0.05) is 12.3 Å². The van der Waals surface area contributed by atoms with Crippen molar-refractivity contribution in [3.8, 4) is 0 Å². The molecule has 0 aliphatic heterocycles. The average molecular weight is 338 g/mol. The Morgan fingerprint density at radius 3 is 2.33 bits per heavy atom. The van der Waals surface area contributed by atoms with Crippen molar-refractivity contribution in [1.82, 2.24) is 0 Å². The fraction of sp³-hybridized carbons (Fsp3) is 0.471. The van der Waals surface area contributed by atoms with Crippen LogP contribution in [0.5, 0.6) is 0 Å². The van der Waals surface area contributed by atoms with Gasteiger partial charge in [-0.1, -0.05) is 18.2 Å². The molecule has 1 aliphatic rings. The molecule has 1 aromatic rings. The number of ketones is 1. The van der Waals surface area contributed by atoms with Gasteiger partial charge >= 0.3 is 11.9 Å². The summed E-state index contributed by atoms with van der Waals surface area (Å²) in [7, 11) is 2.23. The maximum Gasteiger partial charge on any atom is 0.316 e. The van der Waals surface area contributed by atoms with Gasteiger partial charge in [0.1, 0.15) is 11.7 Å². The molecule has 1 aromatic carbocycles. The number of esters is 2. The number of benzene rings is 1. The lowest BCUT2D eigenvalue weighted by molar-refractivity contribution is -0.170. The molecule has 0 unspecified atom stereocenters. The van der Waals surface area contributed by atoms with E-state index in [1.54, 1.807) is 0 Å². The first-order valence-electron chi connectivity index (χ1n) is 7.39. The van der Waals surface area contributed by atoms with Crippen LogP contribution in [0, 0.1) is 17.7 Å². The van der Waals surface area contributed by atoms with Crippen molar-refractivity contribution in [3.05, 3.63) is 35.6 Å². The zero-order valence-corrected chi connectivity index (χ0v) is 13.6. The van der Waals surface area contributed by atoms with Crippen molar-refractivity contribution in [1.29, 1.82) is 0 Å². The molecular weight excluding hydrogens is 319 g/mol. The number of aliphatic hydroxyl groups is 1. The van der Waals surface area contributed by atoms with Crippen molar-refractivity contribution >= 4 is 17.7 Å². The molecule has 1 saturated carbocycles. The topological polar surface area (TPSA) is 89.9 Å². The highest BCUT2D eigenvalue weighted by Gasteiger charge is 2.57. The molecule has 0 bridgehead atoms. The predicted molar refractivity (Wildman–Crippen MR) is 80.4 cm³/mol. The molecule has 1 aliphatic carbocycles. The van der Waals surface area contributed by atoms with Crippen molar-refractivity contribution in [2.24, 2.45) is 11.8 Å². The van der Waals surface area contributed by atoms with E-state index in [1.165, 1.54) is 25.1 Å². The summed E-state index contributed by atoms with van der Waals surface area (Å²) in [5.41, 5.74) is -1.79. The Labute approximate surface area is 138 Å². The smallest absolute Gasteiger partial charge is 0.316 e. The lowest BCUT2D eigenvalue weighted by Crippen LogP contribution is -2.55. The number of methoxy groups -OCH3 is 2. The highest BCUT2D eigenvalue weighted by molar-refractivity contribution is 6.02. The van der Waals surface area contributed by atoms with Gasteiger partial charge in [0.05, 0.1) is 25.7 Å². The van der Waals surface area contributed by atoms with Crippen LogP contribution in [0.15, 0.2) is 24.3 Å². The Balaban J connectivity index is 2.68. The number of ether oxygens (including phenoxy) is 2. The molecule has 7 heteroatoms. The first-order valence-corrected chi connectivity index (χ1v) is 7.39. The molecule has 24 heavy (non-hydrogen) atoms. The Bertz CT molecular complexity index is 669. The van der Waals surface area contributed by atoms with Crippen molar-refractivity contribution < 1.29 is 33.4 Å². The van der Waals surface area contributed by atoms with Crippen LogP contribution in [0.1, 0.15) is 24.8 Å². The Morgan fingerprint density at radius 1 is 1.21 bits per heavy atom. The molecule has 0 spiro atoms. The normalized spacial score (nSPS) is 29.9. The van der Waals surface area contributed by atoms with E-state index in [4.69, 9.17) is 4.74 Å². The third-order valence-corrected chi connectivity index (χ3v) is 4.44. The van der Waals surface area contributed by atoms with Gasteiger partial charge in [0.25, 0.3) is 0 Å². The summed E-state index contributed by atoms with van der Waals surface area (Å²) in [6.07, 6.45) is -0.433. The van der Waals surface area contributed by atoms with Crippen LogP contribution in [0.3, 0.4) is 0 Å². The molecule has 0 saturated heterocycles. The predicted octanol–water partition coefficient (Wildman–Crippen LogP) is 1.21. The van der Waals surface area contributed by atoms with Crippen LogP contribution in [0.4, 0.5) is 4.39 Å². The molecule has 0 heterocycles. The van der Waals surface area contributed by atoms with Crippen LogP contribution < -0.4 is 0 Å². The maximum atomic E-state index is 14.3. The number of Topliss-reactive ketones (excluding diaryl/α,β-unsaturated/α-hetero) is 1. The van der Waals surface area contributed by atoms with E-state index in [0.29, 0.717) is 0 Å². The monoisotopic (exact) mass is 338 g/mol. The molecule has 2 rings (SSSR count). The molecule has 1 fully saturated rings. The Hall–Kier alpha value is -2.28. The molecule has 130 valence electrons. The number of hydrogen-bond donors (Lipinski definition) is 1. The quantitative estimate of drug-likeness (QED) is 0.658. The van der Waals surface area contributed by atoms with Crippen molar-refractivity contribution in [3.63, 3.8) is 0 Å². The van der Waals surface area contributed by atoms with Crippen LogP contribution in [-0.4, -0.2) is 42.6 Å². The Morgan fingerprint density at radius 2 is 1.79 bits per heavy atom. The third kappa shape index (κ3) is 3.03. The first-order chi connectivity index (χ1) is 11.2. The molecule has 4 atom stereocenters. The zero-order valence-electron chi connectivity index (χ0n) is 13.6. The summed E-state index contributed by atoms with van der Waals surface area (Å²) < 4.78 is 23.7. The minimum Gasteiger partial charge on any atom is -0.469 e. The fourth-order valence-corrected chi connectivity index (χ4v) is 3.39. The van der Waals surface area contributed by atoms with E-state index in [0.717, 1.165) is 20.3 Å². The van der Waals surface area contributed by atoms with Crippen molar-refractivity contribution in [2.75, 3.05) is 14.2 Å². The largest absolute Gasteiger partial charge is 0.469 e. The molecule has 0 amide bonds. The second-order valence-corrected chi connectivity index (χ2v) is 6.05. The minimum atomic E-state index is -1.78. The van der Waals surface area contributed by atoms with Gasteiger partial charge in [-0.25, -0.2) is 4.39 Å². The van der Waals surface area contributed by atoms with Crippen LogP contribution in [0.25, 0.3) is 0 Å². The van der Waals surface area contributed by atoms with Crippen LogP contribution in [0.2, 0.25) is 0 Å². The number of carbonyl (C=O) groups is 3. The van der Waals surface area contributed by atoms with Gasteiger partial charge in [-0.05, 0) is 18.6 Å². The van der Waals surface area contributed by atoms with E-state index in [2.05, 4.69) is 4.74 Å². The highest BCUT2D eigenvalue weighted by Crippen LogP contribution is 2.47. The van der Waals surface area contributed by atoms with E-state index in [-0.39, 0.29) is 5.56 Å². The SMILES string of the molecule is COC(=O)[C@H]1C(=O)C[C@](C)(O)[C@H](C(=O)OC)[C@H]1c1ccccc1F. The van der Waals surface area contributed by atoms with Crippen LogP contribution in [-0.2, 0) is 23.9 Å². The third-order valence-electron chi connectivity index (χ3n) is 4.44.